The average Bonchev–Trinajstić information content (AvgIpc) is 3.53. The van der Waals surface area contributed by atoms with E-state index in [1.54, 1.807) is 22.7 Å². The van der Waals surface area contributed by atoms with Gasteiger partial charge in [-0.3, -0.25) is 5.43 Å². The van der Waals surface area contributed by atoms with Crippen LogP contribution in [0.25, 0.3) is 26.4 Å². The van der Waals surface area contributed by atoms with Gasteiger partial charge in [-0.05, 0) is 25.0 Å². The number of hydrogen-bond donors (Lipinski definition) is 1. The number of imidazole rings is 1. The van der Waals surface area contributed by atoms with Crippen LogP contribution in [-0.4, -0.2) is 25.8 Å². The van der Waals surface area contributed by atoms with Crippen molar-refractivity contribution in [2.24, 2.45) is 5.10 Å². The number of hydrogen-bond acceptors (Lipinski definition) is 7. The van der Waals surface area contributed by atoms with Gasteiger partial charge in [-0.15, -0.1) is 0 Å². The molecular weight excluding hydrogens is 436 g/mol. The highest BCUT2D eigenvalue weighted by Gasteiger charge is 2.23. The third kappa shape index (κ3) is 3.69. The maximum atomic E-state index is 4.98. The predicted octanol–water partition coefficient (Wildman–Crippen LogP) is 6.56. The summed E-state index contributed by atoms with van der Waals surface area (Å²) in [5, 5.41) is 11.5. The van der Waals surface area contributed by atoms with Crippen molar-refractivity contribution in [3.63, 3.8) is 0 Å². The minimum Gasteiger partial charge on any atom is -0.253 e. The number of anilines is 1. The summed E-state index contributed by atoms with van der Waals surface area (Å²) in [5.41, 5.74) is 6.92. The van der Waals surface area contributed by atoms with Crippen molar-refractivity contribution in [2.45, 2.75) is 38.0 Å². The van der Waals surface area contributed by atoms with E-state index in [1.807, 2.05) is 47.1 Å². The molecule has 160 valence electrons. The van der Waals surface area contributed by atoms with Gasteiger partial charge in [0.05, 0.1) is 16.4 Å². The van der Waals surface area contributed by atoms with Gasteiger partial charge in [-0.1, -0.05) is 84.4 Å². The molecular formula is C24H22N6S2. The number of thiazole rings is 1. The summed E-state index contributed by atoms with van der Waals surface area (Å²) in [7, 11) is 0. The Morgan fingerprint density at radius 1 is 0.938 bits per heavy atom. The fraction of sp³-hybridized carbons (Fsp3) is 0.250. The van der Waals surface area contributed by atoms with Crippen LogP contribution in [0.3, 0.4) is 0 Å². The zero-order valence-electron chi connectivity index (χ0n) is 17.4. The van der Waals surface area contributed by atoms with Gasteiger partial charge in [0, 0.05) is 11.5 Å². The smallest absolute Gasteiger partial charge is 0.213 e. The summed E-state index contributed by atoms with van der Waals surface area (Å²) in [5.74, 6) is 0.557. The van der Waals surface area contributed by atoms with E-state index in [9.17, 15) is 0 Å². The number of benzene rings is 2. The lowest BCUT2D eigenvalue weighted by Crippen LogP contribution is -2.05. The second kappa shape index (κ2) is 8.44. The van der Waals surface area contributed by atoms with Crippen LogP contribution >= 0.6 is 22.7 Å². The Bertz CT molecular complexity index is 1360. The topological polar surface area (TPSA) is 67.5 Å². The summed E-state index contributed by atoms with van der Waals surface area (Å²) in [4.78, 5) is 10.5. The van der Waals surface area contributed by atoms with Crippen molar-refractivity contribution < 1.29 is 0 Å². The van der Waals surface area contributed by atoms with Gasteiger partial charge in [0.2, 0.25) is 10.1 Å². The van der Waals surface area contributed by atoms with Gasteiger partial charge in [-0.2, -0.15) is 10.2 Å². The van der Waals surface area contributed by atoms with Crippen molar-refractivity contribution in [2.75, 3.05) is 5.43 Å². The number of fused-ring (bicyclic) bond motifs is 2. The number of para-hydroxylation sites is 1. The first kappa shape index (κ1) is 19.6. The van der Waals surface area contributed by atoms with Gasteiger partial charge in [-0.25, -0.2) is 14.5 Å². The van der Waals surface area contributed by atoms with Crippen LogP contribution in [0.4, 0.5) is 5.13 Å². The first-order valence-corrected chi connectivity index (χ1v) is 12.6. The minimum absolute atomic E-state index is 0.557. The Balaban J connectivity index is 1.36. The molecule has 8 heteroatoms. The normalized spacial score (nSPS) is 15.2. The first-order chi connectivity index (χ1) is 15.8. The monoisotopic (exact) mass is 458 g/mol. The zero-order chi connectivity index (χ0) is 21.3. The van der Waals surface area contributed by atoms with Crippen LogP contribution < -0.4 is 5.43 Å². The van der Waals surface area contributed by atoms with Crippen molar-refractivity contribution in [3.8, 4) is 11.3 Å². The molecule has 6 rings (SSSR count). The standard InChI is InChI=1S/C24H22N6S2/c1-3-9-16(10-4-1)21-19(15-25-28-23-26-18-13-7-8-14-20(18)31-23)30-24(27-21)32-22(29-30)17-11-5-2-6-12-17/h1,3-4,7-10,13-15,17H,2,5-6,11-12H2,(H,26,28)/b25-15-. The number of rotatable bonds is 5. The lowest BCUT2D eigenvalue weighted by atomic mass is 9.90. The fourth-order valence-electron chi connectivity index (χ4n) is 4.29. The highest BCUT2D eigenvalue weighted by atomic mass is 32.1. The van der Waals surface area contributed by atoms with Crippen LogP contribution in [0, 0.1) is 0 Å². The Morgan fingerprint density at radius 2 is 1.75 bits per heavy atom. The van der Waals surface area contributed by atoms with E-state index in [0.29, 0.717) is 5.92 Å². The van der Waals surface area contributed by atoms with Crippen LogP contribution in [0.15, 0.2) is 59.7 Å². The van der Waals surface area contributed by atoms with Crippen LogP contribution in [-0.2, 0) is 0 Å². The van der Waals surface area contributed by atoms with Gasteiger partial charge in [0.15, 0.2) is 0 Å². The second-order valence-corrected chi connectivity index (χ2v) is 10.1. The molecule has 0 saturated heterocycles. The molecule has 3 aromatic heterocycles. The molecule has 5 aromatic rings. The molecule has 0 amide bonds. The molecule has 1 saturated carbocycles. The third-order valence-electron chi connectivity index (χ3n) is 5.90. The van der Waals surface area contributed by atoms with Crippen LogP contribution in [0.5, 0.6) is 0 Å². The van der Waals surface area contributed by atoms with Crippen LogP contribution in [0.2, 0.25) is 0 Å². The number of aromatic nitrogens is 4. The highest BCUT2D eigenvalue weighted by Crippen LogP contribution is 2.36. The predicted molar refractivity (Wildman–Crippen MR) is 133 cm³/mol. The molecule has 3 heterocycles. The molecule has 1 N–H and O–H groups in total. The molecule has 1 aliphatic rings. The van der Waals surface area contributed by atoms with Crippen molar-refractivity contribution in [3.05, 3.63) is 65.3 Å². The zero-order valence-corrected chi connectivity index (χ0v) is 19.1. The Hall–Kier alpha value is -3.10. The van der Waals surface area contributed by atoms with E-state index in [1.165, 1.54) is 37.1 Å². The number of nitrogens with one attached hydrogen (secondary N) is 1. The maximum absolute atomic E-state index is 4.98. The van der Waals surface area contributed by atoms with Gasteiger partial charge < -0.3 is 0 Å². The minimum atomic E-state index is 0.557. The van der Waals surface area contributed by atoms with Gasteiger partial charge in [0.25, 0.3) is 0 Å². The van der Waals surface area contributed by atoms with Gasteiger partial charge in [0.1, 0.15) is 16.4 Å². The maximum Gasteiger partial charge on any atom is 0.213 e. The fourth-order valence-corrected chi connectivity index (χ4v) is 6.18. The van der Waals surface area contributed by atoms with Crippen molar-refractivity contribution >= 4 is 49.2 Å². The molecule has 0 bridgehead atoms. The molecule has 2 aromatic carbocycles. The SMILES string of the molecule is C(=N/Nc1nc2ccccc2s1)/c1c(-c2ccccc2)nc2sc(C3CCCCC3)nn12. The average molecular weight is 459 g/mol. The largest absolute Gasteiger partial charge is 0.253 e. The summed E-state index contributed by atoms with van der Waals surface area (Å²) >= 11 is 3.30. The van der Waals surface area contributed by atoms with Crippen LogP contribution in [0.1, 0.15) is 48.7 Å². The Labute approximate surface area is 193 Å². The van der Waals surface area contributed by atoms with E-state index in [4.69, 9.17) is 10.1 Å². The highest BCUT2D eigenvalue weighted by molar-refractivity contribution is 7.22. The molecule has 0 unspecified atom stereocenters. The van der Waals surface area contributed by atoms with E-state index in [2.05, 4.69) is 33.7 Å². The lowest BCUT2D eigenvalue weighted by molar-refractivity contribution is 0.439. The Kier molecular flexibility index (Phi) is 5.16. The van der Waals surface area contributed by atoms with Crippen molar-refractivity contribution in [1.82, 2.24) is 19.6 Å². The first-order valence-electron chi connectivity index (χ1n) is 10.9. The van der Waals surface area contributed by atoms with Gasteiger partial charge >= 0.3 is 0 Å². The summed E-state index contributed by atoms with van der Waals surface area (Å²) in [6.45, 7) is 0. The summed E-state index contributed by atoms with van der Waals surface area (Å²) in [6, 6.07) is 18.3. The number of nitrogens with zero attached hydrogens (tertiary/aromatic N) is 5. The molecule has 1 aliphatic carbocycles. The molecule has 32 heavy (non-hydrogen) atoms. The molecule has 0 atom stereocenters. The quantitative estimate of drug-likeness (QED) is 0.239. The summed E-state index contributed by atoms with van der Waals surface area (Å²) < 4.78 is 3.10. The van der Waals surface area contributed by atoms with E-state index in [-0.39, 0.29) is 0 Å². The molecule has 0 aliphatic heterocycles. The molecule has 0 radical (unpaired) electrons. The Morgan fingerprint density at radius 3 is 2.59 bits per heavy atom. The summed E-state index contributed by atoms with van der Waals surface area (Å²) in [6.07, 6.45) is 8.20. The van der Waals surface area contributed by atoms with E-state index >= 15 is 0 Å². The molecule has 1 fully saturated rings. The molecule has 0 spiro atoms. The molecule has 6 nitrogen and oxygen atoms in total. The second-order valence-electron chi connectivity index (χ2n) is 8.04. The van der Waals surface area contributed by atoms with E-state index in [0.717, 1.165) is 37.3 Å². The van der Waals surface area contributed by atoms with Crippen molar-refractivity contribution in [1.29, 1.82) is 0 Å². The number of hydrazone groups is 1. The van der Waals surface area contributed by atoms with E-state index < -0.39 is 0 Å². The lowest BCUT2D eigenvalue weighted by Gasteiger charge is -2.18. The third-order valence-corrected chi connectivity index (χ3v) is 7.91.